The topological polar surface area (TPSA) is 62.0 Å². The zero-order chi connectivity index (χ0) is 7.90. The van der Waals surface area contributed by atoms with E-state index in [9.17, 15) is 5.11 Å². The Morgan fingerprint density at radius 2 is 2.36 bits per heavy atom. The molecule has 1 heterocycles. The standard InChI is InChI=1S/C8H12N2O/c9-8(3-4-8)7(11)6-2-1-5-10-6/h1-2,5,7,10-11H,3-4,9H2. The Morgan fingerprint density at radius 3 is 2.82 bits per heavy atom. The average molecular weight is 152 g/mol. The quantitative estimate of drug-likeness (QED) is 0.579. The maximum Gasteiger partial charge on any atom is 0.112 e. The fraction of sp³-hybridized carbons (Fsp3) is 0.500. The highest BCUT2D eigenvalue weighted by molar-refractivity contribution is 5.17. The second-order valence-corrected chi connectivity index (χ2v) is 3.26. The molecule has 2 rings (SSSR count). The van der Waals surface area contributed by atoms with Gasteiger partial charge < -0.3 is 15.8 Å². The SMILES string of the molecule is NC1(C(O)c2ccc[nH]2)CC1. The van der Waals surface area contributed by atoms with Gasteiger partial charge in [-0.3, -0.25) is 0 Å². The molecule has 0 saturated heterocycles. The molecule has 1 aromatic heterocycles. The molecule has 4 N–H and O–H groups in total. The van der Waals surface area contributed by atoms with Crippen LogP contribution in [0.2, 0.25) is 0 Å². The molecule has 1 saturated carbocycles. The first-order valence-corrected chi connectivity index (χ1v) is 3.83. The molecule has 1 fully saturated rings. The van der Waals surface area contributed by atoms with Crippen LogP contribution in [0.25, 0.3) is 0 Å². The second kappa shape index (κ2) is 2.09. The van der Waals surface area contributed by atoms with Crippen molar-refractivity contribution in [3.05, 3.63) is 24.0 Å². The first-order valence-electron chi connectivity index (χ1n) is 3.83. The molecule has 1 atom stereocenters. The number of aromatic amines is 1. The van der Waals surface area contributed by atoms with Crippen molar-refractivity contribution in [2.24, 2.45) is 5.73 Å². The number of H-pyrrole nitrogens is 1. The lowest BCUT2D eigenvalue weighted by Crippen LogP contribution is -2.30. The molecule has 0 aromatic carbocycles. The largest absolute Gasteiger partial charge is 0.385 e. The number of rotatable bonds is 2. The minimum atomic E-state index is -0.516. The zero-order valence-corrected chi connectivity index (χ0v) is 6.25. The Kier molecular flexibility index (Phi) is 1.31. The van der Waals surface area contributed by atoms with Gasteiger partial charge in [0, 0.05) is 17.4 Å². The summed E-state index contributed by atoms with van der Waals surface area (Å²) in [5.74, 6) is 0. The van der Waals surface area contributed by atoms with E-state index < -0.39 is 6.10 Å². The number of hydrogen-bond acceptors (Lipinski definition) is 2. The fourth-order valence-electron chi connectivity index (χ4n) is 1.24. The van der Waals surface area contributed by atoms with E-state index in [4.69, 9.17) is 5.73 Å². The number of hydrogen-bond donors (Lipinski definition) is 3. The van der Waals surface area contributed by atoms with Gasteiger partial charge in [0.15, 0.2) is 0 Å². The van der Waals surface area contributed by atoms with Crippen molar-refractivity contribution in [3.63, 3.8) is 0 Å². The van der Waals surface area contributed by atoms with Gasteiger partial charge in [0.2, 0.25) is 0 Å². The summed E-state index contributed by atoms with van der Waals surface area (Å²) in [7, 11) is 0. The van der Waals surface area contributed by atoms with Gasteiger partial charge >= 0.3 is 0 Å². The van der Waals surface area contributed by atoms with E-state index in [0.717, 1.165) is 18.5 Å². The summed E-state index contributed by atoms with van der Waals surface area (Å²) in [5.41, 5.74) is 6.29. The van der Waals surface area contributed by atoms with Crippen molar-refractivity contribution < 1.29 is 5.11 Å². The van der Waals surface area contributed by atoms with Crippen LogP contribution in [0, 0.1) is 0 Å². The molecule has 3 nitrogen and oxygen atoms in total. The van der Waals surface area contributed by atoms with Gasteiger partial charge in [-0.1, -0.05) is 0 Å². The predicted molar refractivity (Wildman–Crippen MR) is 41.9 cm³/mol. The monoisotopic (exact) mass is 152 g/mol. The van der Waals surface area contributed by atoms with Gasteiger partial charge in [0.05, 0.1) is 0 Å². The third-order valence-corrected chi connectivity index (χ3v) is 2.29. The molecule has 0 spiro atoms. The lowest BCUT2D eigenvalue weighted by atomic mass is 10.1. The van der Waals surface area contributed by atoms with Crippen LogP contribution in [-0.2, 0) is 0 Å². The van der Waals surface area contributed by atoms with Gasteiger partial charge in [-0.05, 0) is 25.0 Å². The summed E-state index contributed by atoms with van der Waals surface area (Å²) in [6.45, 7) is 0. The zero-order valence-electron chi connectivity index (χ0n) is 6.25. The van der Waals surface area contributed by atoms with Crippen LogP contribution in [0.1, 0.15) is 24.6 Å². The maximum atomic E-state index is 9.65. The summed E-state index contributed by atoms with van der Waals surface area (Å²) >= 11 is 0. The Bertz CT molecular complexity index is 239. The minimum absolute atomic E-state index is 0.342. The molecule has 60 valence electrons. The number of aliphatic hydroxyl groups is 1. The van der Waals surface area contributed by atoms with E-state index in [2.05, 4.69) is 4.98 Å². The predicted octanol–water partition coefficient (Wildman–Crippen LogP) is 0.539. The third kappa shape index (κ3) is 1.06. The number of aromatic nitrogens is 1. The van der Waals surface area contributed by atoms with Crippen LogP contribution >= 0.6 is 0 Å². The van der Waals surface area contributed by atoms with Gasteiger partial charge in [0.25, 0.3) is 0 Å². The van der Waals surface area contributed by atoms with E-state index in [1.165, 1.54) is 0 Å². The van der Waals surface area contributed by atoms with Crippen LogP contribution < -0.4 is 5.73 Å². The van der Waals surface area contributed by atoms with Crippen molar-refractivity contribution in [3.8, 4) is 0 Å². The molecule has 0 aliphatic heterocycles. The van der Waals surface area contributed by atoms with Crippen molar-refractivity contribution in [1.82, 2.24) is 4.98 Å². The third-order valence-electron chi connectivity index (χ3n) is 2.29. The van der Waals surface area contributed by atoms with Crippen molar-refractivity contribution >= 4 is 0 Å². The highest BCUT2D eigenvalue weighted by Gasteiger charge is 2.46. The Balaban J connectivity index is 2.17. The van der Waals surface area contributed by atoms with E-state index in [1.54, 1.807) is 6.20 Å². The van der Waals surface area contributed by atoms with Crippen LogP contribution in [0.5, 0.6) is 0 Å². The molecular weight excluding hydrogens is 140 g/mol. The molecule has 0 bridgehead atoms. The molecule has 1 unspecified atom stereocenters. The summed E-state index contributed by atoms with van der Waals surface area (Å²) in [6, 6.07) is 3.72. The van der Waals surface area contributed by atoms with E-state index in [-0.39, 0.29) is 5.54 Å². The molecule has 3 heteroatoms. The molecule has 1 aromatic rings. The summed E-state index contributed by atoms with van der Waals surface area (Å²) in [6.07, 6.45) is 3.13. The van der Waals surface area contributed by atoms with Gasteiger partial charge in [-0.2, -0.15) is 0 Å². The van der Waals surface area contributed by atoms with Crippen LogP contribution in [-0.4, -0.2) is 15.6 Å². The second-order valence-electron chi connectivity index (χ2n) is 3.26. The maximum absolute atomic E-state index is 9.65. The highest BCUT2D eigenvalue weighted by Crippen LogP contribution is 2.42. The van der Waals surface area contributed by atoms with Crippen LogP contribution in [0.15, 0.2) is 18.3 Å². The number of nitrogens with two attached hydrogens (primary N) is 1. The van der Waals surface area contributed by atoms with E-state index >= 15 is 0 Å². The number of nitrogens with one attached hydrogen (secondary N) is 1. The van der Waals surface area contributed by atoms with Gasteiger partial charge in [-0.25, -0.2) is 0 Å². The van der Waals surface area contributed by atoms with Crippen molar-refractivity contribution in [1.29, 1.82) is 0 Å². The summed E-state index contributed by atoms with van der Waals surface area (Å²) < 4.78 is 0. The lowest BCUT2D eigenvalue weighted by molar-refractivity contribution is 0.132. The van der Waals surface area contributed by atoms with Crippen molar-refractivity contribution in [2.75, 3.05) is 0 Å². The fourth-order valence-corrected chi connectivity index (χ4v) is 1.24. The molecule has 1 aliphatic rings. The Hall–Kier alpha value is -0.800. The number of aliphatic hydroxyl groups excluding tert-OH is 1. The Morgan fingerprint density at radius 1 is 1.64 bits per heavy atom. The molecule has 0 radical (unpaired) electrons. The molecular formula is C8H12N2O. The van der Waals surface area contributed by atoms with E-state index in [0.29, 0.717) is 0 Å². The van der Waals surface area contributed by atoms with Gasteiger partial charge in [0.1, 0.15) is 6.10 Å². The molecule has 11 heavy (non-hydrogen) atoms. The first kappa shape index (κ1) is 6.88. The van der Waals surface area contributed by atoms with Gasteiger partial charge in [-0.15, -0.1) is 0 Å². The normalized spacial score (nSPS) is 23.1. The average Bonchev–Trinajstić information content (AvgIpc) is 2.54. The van der Waals surface area contributed by atoms with Crippen LogP contribution in [0.3, 0.4) is 0 Å². The van der Waals surface area contributed by atoms with Crippen molar-refractivity contribution in [2.45, 2.75) is 24.5 Å². The van der Waals surface area contributed by atoms with Crippen LogP contribution in [0.4, 0.5) is 0 Å². The minimum Gasteiger partial charge on any atom is -0.385 e. The molecule has 1 aliphatic carbocycles. The smallest absolute Gasteiger partial charge is 0.112 e. The summed E-state index contributed by atoms with van der Waals surface area (Å²) in [5, 5.41) is 9.65. The lowest BCUT2D eigenvalue weighted by Gasteiger charge is -2.15. The highest BCUT2D eigenvalue weighted by atomic mass is 16.3. The first-order chi connectivity index (χ1) is 5.22. The Labute approximate surface area is 65.2 Å². The molecule has 0 amide bonds. The summed E-state index contributed by atoms with van der Waals surface area (Å²) in [4.78, 5) is 2.95. The van der Waals surface area contributed by atoms with E-state index in [1.807, 2.05) is 12.1 Å².